The number of alkyl halides is 1. The Morgan fingerprint density at radius 2 is 1.06 bits per heavy atom. The average Bonchev–Trinajstić information content (AvgIpc) is 4.10. The Balaban J connectivity index is 0.000000318. The van der Waals surface area contributed by atoms with Gasteiger partial charge in [0.1, 0.15) is 18.0 Å². The number of aromatic nitrogens is 2. The Morgan fingerprint density at radius 1 is 0.675 bits per heavy atom. The minimum absolute atomic E-state index is 0. The van der Waals surface area contributed by atoms with Gasteiger partial charge in [0.15, 0.2) is 33.9 Å². The van der Waals surface area contributed by atoms with Gasteiger partial charge in [-0.25, -0.2) is 9.97 Å². The number of fused-ring (bicyclic) bond motifs is 6. The molecule has 4 aromatic carbocycles. The van der Waals surface area contributed by atoms with Gasteiger partial charge in [-0.05, 0) is 132 Å². The van der Waals surface area contributed by atoms with E-state index in [1.54, 1.807) is 70.9 Å². The minimum atomic E-state index is -1.50. The molecule has 27 heteroatoms. The second kappa shape index (κ2) is 32.6. The van der Waals surface area contributed by atoms with E-state index in [4.69, 9.17) is 49.0 Å². The molecule has 2 aliphatic carbocycles. The fourth-order valence-electron chi connectivity index (χ4n) is 9.18. The summed E-state index contributed by atoms with van der Waals surface area (Å²) >= 11 is 6.10. The molecule has 0 saturated carbocycles. The van der Waals surface area contributed by atoms with Crippen molar-refractivity contribution in [1.29, 1.82) is 5.26 Å². The third-order valence-corrected chi connectivity index (χ3v) is 14.7. The molecule has 2 aliphatic rings. The number of pyridine rings is 2. The maximum atomic E-state index is 13.3. The molecule has 2 heterocycles. The number of carbonyl (C=O) groups excluding carboxylic acids is 2. The van der Waals surface area contributed by atoms with Crippen LogP contribution in [0.2, 0.25) is 0 Å². The number of thioether (sulfide) groups is 2. The van der Waals surface area contributed by atoms with Crippen LogP contribution in [0.5, 0.6) is 34.5 Å². The van der Waals surface area contributed by atoms with Crippen molar-refractivity contribution in [3.8, 4) is 62.8 Å². The Bertz CT molecular complexity index is 3500. The molecule has 443 valence electrons. The number of ether oxygens (including phenoxy) is 6. The van der Waals surface area contributed by atoms with E-state index in [1.165, 1.54) is 56.8 Å². The third-order valence-electron chi connectivity index (χ3n) is 12.6. The second-order valence-corrected chi connectivity index (χ2v) is 19.4. The van der Waals surface area contributed by atoms with Gasteiger partial charge in [-0.15, -0.1) is 43.8 Å². The van der Waals surface area contributed by atoms with E-state index >= 15 is 0 Å². The quantitative estimate of drug-likeness (QED) is 0.0267. The first-order chi connectivity index (χ1) is 39.4. The molecule has 6 aromatic rings. The van der Waals surface area contributed by atoms with E-state index in [0.717, 1.165) is 39.1 Å². The summed E-state index contributed by atoms with van der Waals surface area (Å²) in [6.07, 6.45) is 5.88. The van der Waals surface area contributed by atoms with Gasteiger partial charge in [0, 0.05) is 45.8 Å². The normalized spacial score (nSPS) is 13.0. The predicted molar refractivity (Wildman–Crippen MR) is 309 cm³/mol. The van der Waals surface area contributed by atoms with Crippen LogP contribution in [0.4, 0.5) is 0 Å². The topological polar surface area (TPSA) is 313 Å². The van der Waals surface area contributed by atoms with E-state index in [9.17, 15) is 29.3 Å². The summed E-state index contributed by atoms with van der Waals surface area (Å²) < 4.78 is 34.0. The molecule has 1 radical (unpaired) electrons. The van der Waals surface area contributed by atoms with Crippen molar-refractivity contribution in [3.05, 3.63) is 171 Å². The SMILES string of the molecule is CC#N.COc1cc2c(c(OC)c1OC)-c1ccc(SC)c(=O)cc1[C@@H](NC(=O)c1cccc(CBr)n1)CC2.COc1cc2c(c(OC)c1OC)-c1ccc(SC)c(=O)cc1[C@@H](NC(=O)c1cccc(CO[N+](=O)[O-])n1)CC2.O=[N+]([O-])O.[Ag]. The predicted octanol–water partition coefficient (Wildman–Crippen LogP) is 9.33. The van der Waals surface area contributed by atoms with Crippen molar-refractivity contribution in [2.24, 2.45) is 0 Å². The Labute approximate surface area is 509 Å². The van der Waals surface area contributed by atoms with E-state index < -0.39 is 28.2 Å². The first kappa shape index (κ1) is 67.6. The fraction of sp³-hybridized carbons (Fsp3) is 0.304. The number of halogens is 1. The summed E-state index contributed by atoms with van der Waals surface area (Å²) in [7, 11) is 9.34. The van der Waals surface area contributed by atoms with Crippen LogP contribution in [0.1, 0.15) is 86.5 Å². The molecule has 0 saturated heterocycles. The van der Waals surface area contributed by atoms with Crippen LogP contribution in [0, 0.1) is 31.6 Å². The molecule has 2 aromatic heterocycles. The van der Waals surface area contributed by atoms with Gasteiger partial charge in [-0.3, -0.25) is 19.2 Å². The minimum Gasteiger partial charge on any atom is -0.493 e. The van der Waals surface area contributed by atoms with Crippen LogP contribution in [0.3, 0.4) is 0 Å². The zero-order chi connectivity index (χ0) is 60.2. The number of methoxy groups -OCH3 is 6. The summed E-state index contributed by atoms with van der Waals surface area (Å²) in [6, 6.07) is 25.1. The molecule has 2 amide bonds. The van der Waals surface area contributed by atoms with Crippen LogP contribution < -0.4 is 49.9 Å². The monoisotopic (exact) mass is 1330 g/mol. The van der Waals surface area contributed by atoms with Crippen molar-refractivity contribution >= 4 is 51.3 Å². The van der Waals surface area contributed by atoms with Gasteiger partial charge in [0.25, 0.3) is 22.0 Å². The Kier molecular flexibility index (Phi) is 26.6. The van der Waals surface area contributed by atoms with E-state index in [-0.39, 0.29) is 57.1 Å². The molecular formula is C56H58AgBrN7O16S2. The molecule has 2 atom stereocenters. The van der Waals surface area contributed by atoms with Crippen molar-refractivity contribution in [2.75, 3.05) is 55.2 Å². The molecular weight excluding hydrogens is 1280 g/mol. The molecule has 8 rings (SSSR count). The molecule has 83 heavy (non-hydrogen) atoms. The Morgan fingerprint density at radius 3 is 1.41 bits per heavy atom. The zero-order valence-corrected chi connectivity index (χ0v) is 51.0. The number of nitrogens with one attached hydrogen (secondary N) is 2. The number of rotatable bonds is 16. The number of hydrogen-bond acceptors (Lipinski definition) is 20. The van der Waals surface area contributed by atoms with Crippen LogP contribution in [-0.2, 0) is 52.0 Å². The molecule has 3 N–H and O–H groups in total. The molecule has 0 fully saturated rings. The standard InChI is InChI=1S/C27H27BrN2O5S.C27H27N3O8S.C2H3N.Ag.HNO3/c1-33-22-12-15-8-10-19(30-27(32)20-7-5-6-16(14-28)29-20)18-13-21(31)23(36-4)11-9-17(18)24(15)26(35-3)25(22)34-2;1-35-22-12-15-8-10-19(29-27(32)20-7-5-6-16(28-20)14-38-30(33)34)18-13-21(31)23(39-4)11-9-17(18)24(15)26(37-3)25(22)36-2;1-2-3;;2-1(3)4/h5-7,9,11-13,19H,8,10,14H2,1-4H3,(H,30,32);5-7,9,11-13,19H,8,10,14H2,1-4H3,(H,29,32);1H3;;(H,2,3,4)/t2*19-;;;/m00.../s1. The first-order valence-electron chi connectivity index (χ1n) is 24.5. The summed E-state index contributed by atoms with van der Waals surface area (Å²) in [6.45, 7) is 1.05. The number of aryl methyl sites for hydroxylation is 2. The van der Waals surface area contributed by atoms with Crippen LogP contribution in [0.25, 0.3) is 22.3 Å². The maximum absolute atomic E-state index is 13.3. The number of benzene rings is 2. The average molecular weight is 1340 g/mol. The number of carbonyl (C=O) groups is 2. The number of hydrogen-bond donors (Lipinski definition) is 3. The van der Waals surface area contributed by atoms with Gasteiger partial charge in [-0.2, -0.15) is 5.26 Å². The molecule has 0 spiro atoms. The molecule has 23 nitrogen and oxygen atoms in total. The van der Waals surface area contributed by atoms with Gasteiger partial charge in [0.05, 0.1) is 82.0 Å². The van der Waals surface area contributed by atoms with Crippen LogP contribution >= 0.6 is 39.5 Å². The number of amides is 2. The number of nitrogens with zero attached hydrogens (tertiary/aromatic N) is 5. The van der Waals surface area contributed by atoms with Gasteiger partial charge >= 0.3 is 0 Å². The van der Waals surface area contributed by atoms with Gasteiger partial charge in [-0.1, -0.05) is 40.2 Å². The zero-order valence-electron chi connectivity index (χ0n) is 46.3. The summed E-state index contributed by atoms with van der Waals surface area (Å²) in [5, 5.41) is 37.3. The van der Waals surface area contributed by atoms with E-state index in [0.29, 0.717) is 92.1 Å². The van der Waals surface area contributed by atoms with Gasteiger partial charge in [0.2, 0.25) is 11.5 Å². The summed E-state index contributed by atoms with van der Waals surface area (Å²) in [5.74, 6) is 2.15. The van der Waals surface area contributed by atoms with Gasteiger partial charge < -0.3 is 49.1 Å². The molecule has 0 bridgehead atoms. The molecule has 0 unspecified atom stereocenters. The third kappa shape index (κ3) is 16.9. The maximum Gasteiger partial charge on any atom is 0.294 e. The second-order valence-electron chi connectivity index (χ2n) is 17.2. The summed E-state index contributed by atoms with van der Waals surface area (Å²) in [5.41, 5.74) is 7.40. The van der Waals surface area contributed by atoms with E-state index in [1.807, 2.05) is 48.9 Å². The van der Waals surface area contributed by atoms with Crippen LogP contribution in [0.15, 0.2) is 104 Å². The number of nitriles is 1. The largest absolute Gasteiger partial charge is 0.493 e. The smallest absolute Gasteiger partial charge is 0.294 e. The first-order valence-corrected chi connectivity index (χ1v) is 28.1. The van der Waals surface area contributed by atoms with Crippen molar-refractivity contribution in [3.63, 3.8) is 0 Å². The van der Waals surface area contributed by atoms with E-state index in [2.05, 4.69) is 41.4 Å². The van der Waals surface area contributed by atoms with Crippen molar-refractivity contribution in [2.45, 2.75) is 66.4 Å². The fourth-order valence-corrected chi connectivity index (χ4v) is 10.4. The van der Waals surface area contributed by atoms with Crippen molar-refractivity contribution < 1.29 is 80.6 Å². The van der Waals surface area contributed by atoms with Crippen molar-refractivity contribution in [1.82, 2.24) is 20.6 Å². The molecule has 0 aliphatic heterocycles. The summed E-state index contributed by atoms with van der Waals surface area (Å²) in [4.78, 5) is 85.8. The Hall–Kier alpha value is -7.93. The van der Waals surface area contributed by atoms with Crippen LogP contribution in [-0.4, -0.2) is 92.3 Å².